The normalized spacial score (nSPS) is 22.6. The predicted molar refractivity (Wildman–Crippen MR) is 126 cm³/mol. The van der Waals surface area contributed by atoms with Gasteiger partial charge in [0.1, 0.15) is 0 Å². The topological polar surface area (TPSA) is 62.2 Å². The monoisotopic (exact) mass is 458 g/mol. The van der Waals surface area contributed by atoms with Gasteiger partial charge in [0.15, 0.2) is 6.29 Å². The molecule has 172 valence electrons. The summed E-state index contributed by atoms with van der Waals surface area (Å²) in [6, 6.07) is 15.8. The highest BCUT2D eigenvalue weighted by atomic mass is 35.5. The zero-order valence-electron chi connectivity index (χ0n) is 18.5. The summed E-state index contributed by atoms with van der Waals surface area (Å²) in [5, 5.41) is 9.50. The molecule has 0 bridgehead atoms. The smallest absolute Gasteiger partial charge is 0.337 e. The number of halogens is 1. The van der Waals surface area contributed by atoms with Crippen molar-refractivity contribution >= 4 is 23.3 Å². The van der Waals surface area contributed by atoms with Crippen LogP contribution in [0.3, 0.4) is 0 Å². The minimum absolute atomic E-state index is 0.0681. The van der Waals surface area contributed by atoms with Gasteiger partial charge in [-0.25, -0.2) is 4.79 Å². The third kappa shape index (κ3) is 5.62. The number of carbonyl (C=O) groups is 1. The number of ether oxygens (including phenoxy) is 2. The molecule has 2 aliphatic heterocycles. The summed E-state index contributed by atoms with van der Waals surface area (Å²) in [7, 11) is 2.02. The van der Waals surface area contributed by atoms with Crippen molar-refractivity contribution in [2.75, 3.05) is 38.2 Å². The number of benzene rings is 2. The van der Waals surface area contributed by atoms with Crippen LogP contribution >= 0.6 is 11.6 Å². The van der Waals surface area contributed by atoms with Crippen LogP contribution in [0.1, 0.15) is 47.6 Å². The summed E-state index contributed by atoms with van der Waals surface area (Å²) >= 11 is 6.21. The molecule has 2 heterocycles. The van der Waals surface area contributed by atoms with Crippen LogP contribution < -0.4 is 4.90 Å². The van der Waals surface area contributed by atoms with Gasteiger partial charge in [-0.05, 0) is 49.4 Å². The van der Waals surface area contributed by atoms with E-state index in [-0.39, 0.29) is 29.0 Å². The fourth-order valence-corrected chi connectivity index (χ4v) is 4.82. The Labute approximate surface area is 194 Å². The van der Waals surface area contributed by atoms with E-state index in [4.69, 9.17) is 21.1 Å². The highest BCUT2D eigenvalue weighted by Crippen LogP contribution is 2.31. The molecule has 2 aliphatic rings. The van der Waals surface area contributed by atoms with E-state index in [1.807, 2.05) is 19.2 Å². The Morgan fingerprint density at radius 1 is 1.25 bits per heavy atom. The maximum Gasteiger partial charge on any atom is 0.337 e. The van der Waals surface area contributed by atoms with E-state index in [1.165, 1.54) is 12.0 Å². The molecule has 7 heteroatoms. The van der Waals surface area contributed by atoms with E-state index in [1.54, 1.807) is 12.1 Å². The van der Waals surface area contributed by atoms with Gasteiger partial charge in [0.25, 0.3) is 0 Å². The zero-order chi connectivity index (χ0) is 22.5. The van der Waals surface area contributed by atoms with Crippen molar-refractivity contribution in [3.63, 3.8) is 0 Å². The van der Waals surface area contributed by atoms with E-state index in [2.05, 4.69) is 34.1 Å². The van der Waals surface area contributed by atoms with Crippen molar-refractivity contribution in [3.05, 3.63) is 64.7 Å². The molecule has 0 spiro atoms. The van der Waals surface area contributed by atoms with Gasteiger partial charge >= 0.3 is 5.97 Å². The molecular formula is C25H31ClN2O4. The van der Waals surface area contributed by atoms with Gasteiger partial charge in [0.05, 0.1) is 22.7 Å². The van der Waals surface area contributed by atoms with Crippen LogP contribution in [-0.2, 0) is 9.47 Å². The molecule has 0 aromatic heterocycles. The highest BCUT2D eigenvalue weighted by Gasteiger charge is 2.32. The molecule has 6 nitrogen and oxygen atoms in total. The lowest BCUT2D eigenvalue weighted by atomic mass is 10.0. The van der Waals surface area contributed by atoms with Crippen LogP contribution in [0.15, 0.2) is 48.5 Å². The number of hydrogen-bond donors (Lipinski definition) is 1. The van der Waals surface area contributed by atoms with Crippen LogP contribution in [0, 0.1) is 0 Å². The number of likely N-dealkylation sites (tertiary alicyclic amines) is 1. The van der Waals surface area contributed by atoms with Gasteiger partial charge in [-0.2, -0.15) is 0 Å². The third-order valence-electron chi connectivity index (χ3n) is 6.35. The molecule has 2 aromatic carbocycles. The molecule has 0 saturated carbocycles. The van der Waals surface area contributed by atoms with E-state index < -0.39 is 5.97 Å². The first-order chi connectivity index (χ1) is 15.5. The Hall–Kier alpha value is -2.12. The van der Waals surface area contributed by atoms with Crippen molar-refractivity contribution in [2.45, 2.75) is 44.1 Å². The number of anilines is 1. The van der Waals surface area contributed by atoms with Gasteiger partial charge < -0.3 is 19.5 Å². The van der Waals surface area contributed by atoms with Crippen molar-refractivity contribution in [3.8, 4) is 0 Å². The van der Waals surface area contributed by atoms with Crippen molar-refractivity contribution in [1.82, 2.24) is 4.90 Å². The Balaban J connectivity index is 1.47. The Bertz CT molecular complexity index is 904. The molecule has 1 unspecified atom stereocenters. The Morgan fingerprint density at radius 2 is 2.06 bits per heavy atom. The van der Waals surface area contributed by atoms with Gasteiger partial charge in [0.2, 0.25) is 0 Å². The van der Waals surface area contributed by atoms with Crippen LogP contribution in [-0.4, -0.2) is 61.7 Å². The van der Waals surface area contributed by atoms with Crippen molar-refractivity contribution in [2.24, 2.45) is 0 Å². The number of aromatic carboxylic acids is 1. The average molecular weight is 459 g/mol. The fraction of sp³-hybridized carbons (Fsp3) is 0.480. The summed E-state index contributed by atoms with van der Waals surface area (Å²) in [5.74, 6) is -1.02. The predicted octanol–water partition coefficient (Wildman–Crippen LogP) is 4.83. The second-order valence-electron chi connectivity index (χ2n) is 8.61. The first-order valence-electron chi connectivity index (χ1n) is 11.3. The summed E-state index contributed by atoms with van der Waals surface area (Å²) in [6.07, 6.45) is 4.37. The summed E-state index contributed by atoms with van der Waals surface area (Å²) in [4.78, 5) is 15.9. The van der Waals surface area contributed by atoms with Crippen LogP contribution in [0.25, 0.3) is 0 Å². The molecule has 3 atom stereocenters. The van der Waals surface area contributed by atoms with E-state index in [0.29, 0.717) is 0 Å². The first kappa shape index (κ1) is 23.1. The number of hydrogen-bond acceptors (Lipinski definition) is 5. The van der Waals surface area contributed by atoms with E-state index >= 15 is 0 Å². The lowest BCUT2D eigenvalue weighted by Crippen LogP contribution is -2.37. The maximum absolute atomic E-state index is 11.3. The second kappa shape index (κ2) is 10.7. The van der Waals surface area contributed by atoms with Crippen LogP contribution in [0.4, 0.5) is 5.69 Å². The minimum Gasteiger partial charge on any atom is -0.478 e. The minimum atomic E-state index is -1.02. The number of rotatable bonds is 8. The first-order valence-corrected chi connectivity index (χ1v) is 11.7. The highest BCUT2D eigenvalue weighted by molar-refractivity contribution is 6.33. The van der Waals surface area contributed by atoms with Gasteiger partial charge in [-0.3, -0.25) is 4.90 Å². The van der Waals surface area contributed by atoms with Gasteiger partial charge in [0, 0.05) is 39.0 Å². The summed E-state index contributed by atoms with van der Waals surface area (Å²) in [5.41, 5.74) is 2.26. The molecule has 4 rings (SSSR count). The molecule has 2 aromatic rings. The fourth-order valence-electron chi connectivity index (χ4n) is 4.57. The largest absolute Gasteiger partial charge is 0.478 e. The number of nitrogens with zero attached hydrogens (tertiary/aromatic N) is 2. The zero-order valence-corrected chi connectivity index (χ0v) is 19.2. The molecule has 32 heavy (non-hydrogen) atoms. The van der Waals surface area contributed by atoms with E-state index in [0.717, 1.165) is 51.2 Å². The van der Waals surface area contributed by atoms with Crippen LogP contribution in [0.5, 0.6) is 0 Å². The second-order valence-corrected chi connectivity index (χ2v) is 9.02. The molecule has 2 saturated heterocycles. The van der Waals surface area contributed by atoms with Gasteiger partial charge in [-0.1, -0.05) is 41.9 Å². The molecule has 2 fully saturated rings. The SMILES string of the molecule is CN(C[C@@H](c1ccccc1)N1CC[C@H](OC2CCCCO2)C1)c1ccc(C(=O)O)c(Cl)c1. The quantitative estimate of drug-likeness (QED) is 0.611. The lowest BCUT2D eigenvalue weighted by molar-refractivity contribution is -0.185. The van der Waals surface area contributed by atoms with Crippen molar-refractivity contribution in [1.29, 1.82) is 0 Å². The van der Waals surface area contributed by atoms with E-state index in [9.17, 15) is 9.90 Å². The Kier molecular flexibility index (Phi) is 7.68. The molecule has 0 aliphatic carbocycles. The molecule has 1 N–H and O–H groups in total. The summed E-state index contributed by atoms with van der Waals surface area (Å²) in [6.45, 7) is 3.37. The lowest BCUT2D eigenvalue weighted by Gasteiger charge is -2.33. The standard InChI is InChI=1S/C25H31ClN2O4/c1-27(19-10-11-21(25(29)30)22(26)15-19)17-23(18-7-3-2-4-8-18)28-13-12-20(16-28)32-24-9-5-6-14-31-24/h2-4,7-8,10-11,15,20,23-24H,5-6,9,12-14,16-17H2,1H3,(H,29,30)/t20-,23-,24?/m0/s1. The third-order valence-corrected chi connectivity index (χ3v) is 6.67. The average Bonchev–Trinajstić information content (AvgIpc) is 3.26. The Morgan fingerprint density at radius 3 is 2.75 bits per heavy atom. The van der Waals surface area contributed by atoms with Crippen molar-refractivity contribution < 1.29 is 19.4 Å². The maximum atomic E-state index is 11.3. The molecule has 0 amide bonds. The number of carboxylic acid groups (broad SMARTS) is 1. The molecular weight excluding hydrogens is 428 g/mol. The number of likely N-dealkylation sites (N-methyl/N-ethyl adjacent to an activating group) is 1. The van der Waals surface area contributed by atoms with Gasteiger partial charge in [-0.15, -0.1) is 0 Å². The van der Waals surface area contributed by atoms with Crippen LogP contribution in [0.2, 0.25) is 5.02 Å². The molecule has 0 radical (unpaired) electrons. The number of carboxylic acids is 1. The summed E-state index contributed by atoms with van der Waals surface area (Å²) < 4.78 is 12.0.